The van der Waals surface area contributed by atoms with Crippen LogP contribution in [0.15, 0.2) is 18.2 Å². The fourth-order valence-corrected chi connectivity index (χ4v) is 1.62. The molecule has 1 aromatic carbocycles. The molecule has 4 nitrogen and oxygen atoms in total. The number of hydrogen-bond donors (Lipinski definition) is 1. The van der Waals surface area contributed by atoms with Gasteiger partial charge in [0.1, 0.15) is 24.7 Å². The van der Waals surface area contributed by atoms with Crippen LogP contribution in [0.1, 0.15) is 12.5 Å². The molecule has 0 aliphatic carbocycles. The van der Waals surface area contributed by atoms with Crippen LogP contribution in [-0.4, -0.2) is 39.7 Å². The van der Waals surface area contributed by atoms with E-state index < -0.39 is 12.8 Å². The molecule has 0 unspecified atom stereocenters. The number of ether oxygens (including phenoxy) is 3. The highest BCUT2D eigenvalue weighted by Crippen LogP contribution is 2.24. The molecule has 0 heterocycles. The van der Waals surface area contributed by atoms with Gasteiger partial charge in [-0.15, -0.1) is 0 Å². The first-order chi connectivity index (χ1) is 9.96. The lowest BCUT2D eigenvalue weighted by molar-refractivity contribution is -0.175. The van der Waals surface area contributed by atoms with Gasteiger partial charge >= 0.3 is 6.18 Å². The average molecular weight is 307 g/mol. The maximum absolute atomic E-state index is 11.9. The maximum atomic E-state index is 11.9. The summed E-state index contributed by atoms with van der Waals surface area (Å²) in [7, 11) is 1.57. The smallest absolute Gasteiger partial charge is 0.411 e. The molecule has 0 radical (unpaired) electrons. The van der Waals surface area contributed by atoms with Gasteiger partial charge in [-0.25, -0.2) is 0 Å². The third-order valence-corrected chi connectivity index (χ3v) is 2.58. The van der Waals surface area contributed by atoms with Crippen molar-refractivity contribution in [3.63, 3.8) is 0 Å². The molecule has 1 N–H and O–H groups in total. The second-order valence-electron chi connectivity index (χ2n) is 4.27. The van der Waals surface area contributed by atoms with E-state index in [4.69, 9.17) is 9.47 Å². The van der Waals surface area contributed by atoms with Gasteiger partial charge in [-0.3, -0.25) is 0 Å². The summed E-state index contributed by atoms with van der Waals surface area (Å²) in [6.45, 7) is 2.04. The number of nitrogens with one attached hydrogen (secondary N) is 1. The molecule has 0 saturated heterocycles. The standard InChI is InChI=1S/C14H20F3NO3/c1-3-18-9-11-8-12(19-2)4-5-13(11)21-7-6-20-10-14(15,16)17/h4-5,8,18H,3,6-7,9-10H2,1-2H3. The molecule has 21 heavy (non-hydrogen) atoms. The summed E-state index contributed by atoms with van der Waals surface area (Å²) in [5, 5.41) is 3.16. The molecule has 120 valence electrons. The molecular weight excluding hydrogens is 287 g/mol. The Morgan fingerprint density at radius 1 is 1.19 bits per heavy atom. The molecule has 0 aromatic heterocycles. The van der Waals surface area contributed by atoms with Gasteiger partial charge in [0.2, 0.25) is 0 Å². The monoisotopic (exact) mass is 307 g/mol. The van der Waals surface area contributed by atoms with Crippen molar-refractivity contribution in [1.82, 2.24) is 5.32 Å². The molecule has 7 heteroatoms. The van der Waals surface area contributed by atoms with Crippen LogP contribution in [-0.2, 0) is 11.3 Å². The summed E-state index contributed by atoms with van der Waals surface area (Å²) in [6, 6.07) is 5.30. The van der Waals surface area contributed by atoms with Crippen LogP contribution in [0.25, 0.3) is 0 Å². The van der Waals surface area contributed by atoms with Crippen LogP contribution < -0.4 is 14.8 Å². The lowest BCUT2D eigenvalue weighted by Crippen LogP contribution is -2.20. The Balaban J connectivity index is 2.49. The SMILES string of the molecule is CCNCc1cc(OC)ccc1OCCOCC(F)(F)F. The van der Waals surface area contributed by atoms with Gasteiger partial charge in [0.05, 0.1) is 13.7 Å². The van der Waals surface area contributed by atoms with Gasteiger partial charge < -0.3 is 19.5 Å². The van der Waals surface area contributed by atoms with Gasteiger partial charge in [-0.05, 0) is 24.7 Å². The Bertz CT molecular complexity index is 424. The zero-order valence-electron chi connectivity index (χ0n) is 12.1. The highest BCUT2D eigenvalue weighted by Gasteiger charge is 2.27. The van der Waals surface area contributed by atoms with Gasteiger partial charge in [0, 0.05) is 12.1 Å². The maximum Gasteiger partial charge on any atom is 0.411 e. The largest absolute Gasteiger partial charge is 0.497 e. The number of benzene rings is 1. The van der Waals surface area contributed by atoms with Crippen LogP contribution in [0.2, 0.25) is 0 Å². The summed E-state index contributed by atoms with van der Waals surface area (Å²) < 4.78 is 50.8. The van der Waals surface area contributed by atoms with E-state index in [0.717, 1.165) is 12.1 Å². The predicted octanol–water partition coefficient (Wildman–Crippen LogP) is 2.76. The summed E-state index contributed by atoms with van der Waals surface area (Å²) in [4.78, 5) is 0. The van der Waals surface area contributed by atoms with Crippen LogP contribution in [0.3, 0.4) is 0 Å². The van der Waals surface area contributed by atoms with E-state index in [0.29, 0.717) is 18.0 Å². The highest BCUT2D eigenvalue weighted by atomic mass is 19.4. The number of methoxy groups -OCH3 is 1. The Morgan fingerprint density at radius 3 is 2.57 bits per heavy atom. The first kappa shape index (κ1) is 17.6. The molecule has 0 fully saturated rings. The lowest BCUT2D eigenvalue weighted by atomic mass is 10.2. The van der Waals surface area contributed by atoms with Crippen LogP contribution in [0.4, 0.5) is 13.2 Å². The van der Waals surface area contributed by atoms with Gasteiger partial charge in [-0.1, -0.05) is 6.92 Å². The fourth-order valence-electron chi connectivity index (χ4n) is 1.62. The van der Waals surface area contributed by atoms with Crippen molar-refractivity contribution in [2.45, 2.75) is 19.6 Å². The zero-order chi connectivity index (χ0) is 15.7. The van der Waals surface area contributed by atoms with E-state index in [1.807, 2.05) is 13.0 Å². The van der Waals surface area contributed by atoms with E-state index in [1.165, 1.54) is 0 Å². The molecule has 0 aliphatic heterocycles. The number of alkyl halides is 3. The second-order valence-corrected chi connectivity index (χ2v) is 4.27. The van der Waals surface area contributed by atoms with Gasteiger partial charge in [0.25, 0.3) is 0 Å². The van der Waals surface area contributed by atoms with E-state index in [-0.39, 0.29) is 13.2 Å². The van der Waals surface area contributed by atoms with Crippen molar-refractivity contribution >= 4 is 0 Å². The molecule has 0 aliphatic rings. The molecule has 1 aromatic rings. The van der Waals surface area contributed by atoms with Crippen LogP contribution in [0.5, 0.6) is 11.5 Å². The zero-order valence-corrected chi connectivity index (χ0v) is 12.1. The van der Waals surface area contributed by atoms with Gasteiger partial charge in [-0.2, -0.15) is 13.2 Å². The first-order valence-electron chi connectivity index (χ1n) is 6.61. The third-order valence-electron chi connectivity index (χ3n) is 2.58. The van der Waals surface area contributed by atoms with Crippen molar-refractivity contribution in [2.75, 3.05) is 33.5 Å². The number of rotatable bonds is 9. The minimum absolute atomic E-state index is 0.0571. The van der Waals surface area contributed by atoms with E-state index in [1.54, 1.807) is 19.2 Å². The highest BCUT2D eigenvalue weighted by molar-refractivity contribution is 5.40. The summed E-state index contributed by atoms with van der Waals surface area (Å²) in [5.41, 5.74) is 0.882. The van der Waals surface area contributed by atoms with Crippen molar-refractivity contribution in [1.29, 1.82) is 0 Å². The minimum atomic E-state index is -4.31. The number of hydrogen-bond acceptors (Lipinski definition) is 4. The van der Waals surface area contributed by atoms with E-state index >= 15 is 0 Å². The molecular formula is C14H20F3NO3. The quantitative estimate of drug-likeness (QED) is 0.712. The lowest BCUT2D eigenvalue weighted by Gasteiger charge is -2.14. The Hall–Kier alpha value is -1.47. The Morgan fingerprint density at radius 2 is 1.95 bits per heavy atom. The molecule has 0 atom stereocenters. The molecule has 0 bridgehead atoms. The van der Waals surface area contributed by atoms with Crippen molar-refractivity contribution in [2.24, 2.45) is 0 Å². The molecule has 0 amide bonds. The Kier molecular flexibility index (Phi) is 7.31. The predicted molar refractivity (Wildman–Crippen MR) is 72.7 cm³/mol. The second kappa shape index (κ2) is 8.74. The van der Waals surface area contributed by atoms with Crippen LogP contribution >= 0.6 is 0 Å². The van der Waals surface area contributed by atoms with Crippen molar-refractivity contribution in [3.05, 3.63) is 23.8 Å². The summed E-state index contributed by atoms with van der Waals surface area (Å²) >= 11 is 0. The topological polar surface area (TPSA) is 39.7 Å². The van der Waals surface area contributed by atoms with E-state index in [9.17, 15) is 13.2 Å². The van der Waals surface area contributed by atoms with Crippen molar-refractivity contribution < 1.29 is 27.4 Å². The van der Waals surface area contributed by atoms with Crippen molar-refractivity contribution in [3.8, 4) is 11.5 Å². The molecule has 0 saturated carbocycles. The Labute approximate surface area is 122 Å². The van der Waals surface area contributed by atoms with E-state index in [2.05, 4.69) is 10.1 Å². The average Bonchev–Trinajstić information content (AvgIpc) is 2.44. The van der Waals surface area contributed by atoms with Crippen LogP contribution in [0, 0.1) is 0 Å². The fraction of sp³-hybridized carbons (Fsp3) is 0.571. The minimum Gasteiger partial charge on any atom is -0.497 e. The first-order valence-corrected chi connectivity index (χ1v) is 6.61. The molecule has 0 spiro atoms. The van der Waals surface area contributed by atoms with Gasteiger partial charge in [0.15, 0.2) is 0 Å². The molecule has 1 rings (SSSR count). The summed E-state index contributed by atoms with van der Waals surface area (Å²) in [6.07, 6.45) is -4.31. The number of halogens is 3. The normalized spacial score (nSPS) is 11.5. The third kappa shape index (κ3) is 7.19. The summed E-state index contributed by atoms with van der Waals surface area (Å²) in [5.74, 6) is 1.30.